The fourth-order valence-corrected chi connectivity index (χ4v) is 2.41. The summed E-state index contributed by atoms with van der Waals surface area (Å²) in [5, 5.41) is 29.7. The minimum absolute atomic E-state index is 0.421. The normalized spacial score (nSPS) is 51.5. The first kappa shape index (κ1) is 14.8. The number of ether oxygens (including phenoxy) is 3. The molecule has 1 unspecified atom stereocenters. The first-order chi connectivity index (χ1) is 7.70. The molecule has 3 N–H and O–H groups in total. The molecule has 0 amide bonds. The number of hydrogen-bond acceptors (Lipinski definition) is 6. The van der Waals surface area contributed by atoms with Gasteiger partial charge in [-0.25, -0.2) is 0 Å². The van der Waals surface area contributed by atoms with Crippen LogP contribution in [-0.2, 0) is 14.2 Å². The minimum atomic E-state index is -1.70. The topological polar surface area (TPSA) is 88.4 Å². The van der Waals surface area contributed by atoms with Crippen LogP contribution in [0.1, 0.15) is 20.8 Å². The van der Waals surface area contributed by atoms with E-state index in [9.17, 15) is 15.3 Å². The average molecular weight is 250 g/mol. The molecular weight excluding hydrogens is 228 g/mol. The van der Waals surface area contributed by atoms with Crippen molar-refractivity contribution >= 4 is 0 Å². The molecule has 1 heterocycles. The molecule has 0 aromatic carbocycles. The molecule has 5 atom stereocenters. The van der Waals surface area contributed by atoms with E-state index in [4.69, 9.17) is 14.2 Å². The molecule has 1 saturated heterocycles. The summed E-state index contributed by atoms with van der Waals surface area (Å²) in [5.41, 5.74) is -2.49. The highest BCUT2D eigenvalue weighted by molar-refractivity contribution is 5.13. The van der Waals surface area contributed by atoms with Crippen molar-refractivity contribution in [1.29, 1.82) is 0 Å². The Hall–Kier alpha value is -0.240. The van der Waals surface area contributed by atoms with Crippen LogP contribution in [0.15, 0.2) is 0 Å². The Morgan fingerprint density at radius 3 is 2.06 bits per heavy atom. The fraction of sp³-hybridized carbons (Fsp3) is 1.00. The maximum atomic E-state index is 10.3. The van der Waals surface area contributed by atoms with Gasteiger partial charge in [-0.3, -0.25) is 0 Å². The van der Waals surface area contributed by atoms with Crippen molar-refractivity contribution in [3.05, 3.63) is 0 Å². The quantitative estimate of drug-likeness (QED) is 0.611. The van der Waals surface area contributed by atoms with E-state index >= 15 is 0 Å². The van der Waals surface area contributed by atoms with Gasteiger partial charge >= 0.3 is 0 Å². The van der Waals surface area contributed by atoms with Crippen molar-refractivity contribution in [2.24, 2.45) is 0 Å². The molecule has 0 aliphatic carbocycles. The maximum absolute atomic E-state index is 10.3. The monoisotopic (exact) mass is 250 g/mol. The van der Waals surface area contributed by atoms with E-state index in [1.165, 1.54) is 21.1 Å². The highest BCUT2D eigenvalue weighted by Crippen LogP contribution is 2.46. The third kappa shape index (κ3) is 1.80. The zero-order valence-corrected chi connectivity index (χ0v) is 10.9. The minimum Gasteiger partial charge on any atom is -0.394 e. The van der Waals surface area contributed by atoms with Gasteiger partial charge in [0.2, 0.25) is 0 Å². The molecule has 0 radical (unpaired) electrons. The third-order valence-corrected chi connectivity index (χ3v) is 4.14. The van der Waals surface area contributed by atoms with E-state index in [2.05, 4.69) is 0 Å². The van der Waals surface area contributed by atoms with Gasteiger partial charge in [0.25, 0.3) is 0 Å². The average Bonchev–Trinajstić information content (AvgIpc) is 2.31. The standard InChI is InChI=1S/C11H22O6/c1-9(15-4)8(13)7(6-12)17-11(3,14)10(9,2)16-5/h7-8,12-14H,6H2,1-5H3/t7-,8+,9+,10-,11?/m1/s1. The summed E-state index contributed by atoms with van der Waals surface area (Å²) >= 11 is 0. The number of rotatable bonds is 3. The van der Waals surface area contributed by atoms with Crippen LogP contribution >= 0.6 is 0 Å². The summed E-state index contributed by atoms with van der Waals surface area (Å²) in [6.07, 6.45) is -2.05. The second-order valence-corrected chi connectivity index (χ2v) is 4.82. The van der Waals surface area contributed by atoms with E-state index in [1.54, 1.807) is 13.8 Å². The molecule has 1 aliphatic heterocycles. The van der Waals surface area contributed by atoms with Crippen LogP contribution in [0.25, 0.3) is 0 Å². The lowest BCUT2D eigenvalue weighted by Gasteiger charge is -2.58. The number of hydrogen-bond donors (Lipinski definition) is 3. The summed E-state index contributed by atoms with van der Waals surface area (Å²) < 4.78 is 16.0. The lowest BCUT2D eigenvalue weighted by atomic mass is 9.71. The van der Waals surface area contributed by atoms with Gasteiger partial charge < -0.3 is 29.5 Å². The van der Waals surface area contributed by atoms with Gasteiger partial charge in [-0.05, 0) is 20.8 Å². The fourth-order valence-electron chi connectivity index (χ4n) is 2.41. The molecule has 0 aromatic rings. The molecule has 1 aliphatic rings. The van der Waals surface area contributed by atoms with E-state index in [0.717, 1.165) is 0 Å². The maximum Gasteiger partial charge on any atom is 0.195 e. The van der Waals surface area contributed by atoms with Crippen LogP contribution in [0.3, 0.4) is 0 Å². The Bertz CT molecular complexity index is 281. The zero-order valence-electron chi connectivity index (χ0n) is 10.9. The molecule has 1 fully saturated rings. The van der Waals surface area contributed by atoms with Gasteiger partial charge in [0.1, 0.15) is 23.4 Å². The molecule has 6 nitrogen and oxygen atoms in total. The van der Waals surface area contributed by atoms with Crippen molar-refractivity contribution in [2.45, 2.75) is 50.0 Å². The lowest BCUT2D eigenvalue weighted by molar-refractivity contribution is -0.409. The van der Waals surface area contributed by atoms with Gasteiger partial charge in [0.15, 0.2) is 5.79 Å². The second kappa shape index (κ2) is 4.46. The van der Waals surface area contributed by atoms with E-state index in [0.29, 0.717) is 0 Å². The Morgan fingerprint density at radius 2 is 1.71 bits per heavy atom. The Morgan fingerprint density at radius 1 is 1.18 bits per heavy atom. The Labute approximate surface area is 101 Å². The van der Waals surface area contributed by atoms with Crippen LogP contribution < -0.4 is 0 Å². The van der Waals surface area contributed by atoms with E-state index in [-0.39, 0.29) is 0 Å². The molecule has 1 rings (SSSR count). The summed E-state index contributed by atoms with van der Waals surface area (Å²) in [5.74, 6) is -1.70. The first-order valence-electron chi connectivity index (χ1n) is 5.49. The van der Waals surface area contributed by atoms with Gasteiger partial charge in [-0.1, -0.05) is 0 Å². The van der Waals surface area contributed by atoms with Crippen molar-refractivity contribution in [2.75, 3.05) is 20.8 Å². The van der Waals surface area contributed by atoms with Gasteiger partial charge in [-0.2, -0.15) is 0 Å². The van der Waals surface area contributed by atoms with E-state index in [1.807, 2.05) is 0 Å². The van der Waals surface area contributed by atoms with Crippen molar-refractivity contribution in [3.63, 3.8) is 0 Å². The molecule has 0 saturated carbocycles. The predicted molar refractivity (Wildman–Crippen MR) is 59.4 cm³/mol. The molecule has 0 spiro atoms. The summed E-state index contributed by atoms with van der Waals surface area (Å²) in [4.78, 5) is 0. The van der Waals surface area contributed by atoms with Crippen molar-refractivity contribution < 1.29 is 29.5 Å². The molecule has 0 bridgehead atoms. The number of aliphatic hydroxyl groups is 3. The SMILES string of the molecule is CO[C@@]1(C)[C@@H](O)[C@@H](CO)OC(C)(O)[C@]1(C)OC. The highest BCUT2D eigenvalue weighted by atomic mass is 16.7. The van der Waals surface area contributed by atoms with Crippen LogP contribution in [0.4, 0.5) is 0 Å². The summed E-state index contributed by atoms with van der Waals surface area (Å²) in [7, 11) is 2.82. The third-order valence-electron chi connectivity index (χ3n) is 4.14. The summed E-state index contributed by atoms with van der Waals surface area (Å²) in [6, 6.07) is 0. The molecular formula is C11H22O6. The van der Waals surface area contributed by atoms with Crippen LogP contribution in [0.5, 0.6) is 0 Å². The van der Waals surface area contributed by atoms with Gasteiger partial charge in [-0.15, -0.1) is 0 Å². The lowest BCUT2D eigenvalue weighted by Crippen LogP contribution is -2.77. The second-order valence-electron chi connectivity index (χ2n) is 4.82. The molecule has 102 valence electrons. The molecule has 0 aromatic heterocycles. The van der Waals surface area contributed by atoms with Gasteiger partial charge in [0.05, 0.1) is 6.61 Å². The largest absolute Gasteiger partial charge is 0.394 e. The smallest absolute Gasteiger partial charge is 0.195 e. The van der Waals surface area contributed by atoms with Gasteiger partial charge in [0, 0.05) is 14.2 Å². The zero-order chi connectivity index (χ0) is 13.5. The van der Waals surface area contributed by atoms with Crippen molar-refractivity contribution in [3.8, 4) is 0 Å². The number of aliphatic hydroxyl groups excluding tert-OH is 2. The molecule has 6 heteroatoms. The highest BCUT2D eigenvalue weighted by Gasteiger charge is 2.67. The van der Waals surface area contributed by atoms with Crippen LogP contribution in [0.2, 0.25) is 0 Å². The Balaban J connectivity index is 3.28. The Kier molecular flexibility index (Phi) is 3.88. The van der Waals surface area contributed by atoms with E-state index < -0.39 is 35.8 Å². The first-order valence-corrected chi connectivity index (χ1v) is 5.49. The van der Waals surface area contributed by atoms with Crippen LogP contribution in [-0.4, -0.2) is 65.3 Å². The number of methoxy groups -OCH3 is 2. The predicted octanol–water partition coefficient (Wildman–Crippen LogP) is -0.743. The van der Waals surface area contributed by atoms with Crippen LogP contribution in [0, 0.1) is 0 Å². The molecule has 17 heavy (non-hydrogen) atoms. The summed E-state index contributed by atoms with van der Waals surface area (Å²) in [6.45, 7) is 4.20. The van der Waals surface area contributed by atoms with Crippen molar-refractivity contribution in [1.82, 2.24) is 0 Å².